The number of rotatable bonds is 4. The molecule has 6 nitrogen and oxygen atoms in total. The van der Waals surface area contributed by atoms with Gasteiger partial charge in [-0.1, -0.05) is 47.6 Å². The van der Waals surface area contributed by atoms with Crippen LogP contribution in [-0.2, 0) is 13.0 Å². The quantitative estimate of drug-likeness (QED) is 0.578. The zero-order valence-electron chi connectivity index (χ0n) is 15.1. The second-order valence-electron chi connectivity index (χ2n) is 6.79. The van der Waals surface area contributed by atoms with E-state index < -0.39 is 0 Å². The molecule has 4 aromatic rings. The Morgan fingerprint density at radius 1 is 1.04 bits per heavy atom. The van der Waals surface area contributed by atoms with E-state index in [4.69, 9.17) is 4.52 Å². The van der Waals surface area contributed by atoms with Gasteiger partial charge in [-0.3, -0.25) is 4.79 Å². The maximum absolute atomic E-state index is 12.5. The third-order valence-electron chi connectivity index (χ3n) is 4.96. The van der Waals surface area contributed by atoms with Gasteiger partial charge in [-0.25, -0.2) is 4.98 Å². The van der Waals surface area contributed by atoms with Crippen LogP contribution in [0.1, 0.15) is 22.7 Å². The van der Waals surface area contributed by atoms with Gasteiger partial charge >= 0.3 is 0 Å². The molecule has 0 aliphatic carbocycles. The van der Waals surface area contributed by atoms with E-state index in [9.17, 15) is 4.79 Å². The summed E-state index contributed by atoms with van der Waals surface area (Å²) in [6.07, 6.45) is 4.10. The van der Waals surface area contributed by atoms with Gasteiger partial charge in [0.25, 0.3) is 5.91 Å². The second-order valence-corrected chi connectivity index (χ2v) is 6.79. The molecule has 5 rings (SSSR count). The first-order valence-electron chi connectivity index (χ1n) is 9.26. The van der Waals surface area contributed by atoms with E-state index in [1.54, 1.807) is 6.07 Å². The van der Waals surface area contributed by atoms with Crippen LogP contribution in [0.5, 0.6) is 0 Å². The topological polar surface area (TPSA) is 73.0 Å². The lowest BCUT2D eigenvalue weighted by Gasteiger charge is -2.07. The first-order chi connectivity index (χ1) is 13.8. The summed E-state index contributed by atoms with van der Waals surface area (Å²) in [5.41, 5.74) is 4.04. The monoisotopic (exact) mass is 370 g/mol. The van der Waals surface area contributed by atoms with Gasteiger partial charge in [0.1, 0.15) is 5.82 Å². The molecule has 0 spiro atoms. The predicted molar refractivity (Wildman–Crippen MR) is 106 cm³/mol. The lowest BCUT2D eigenvalue weighted by atomic mass is 10.1. The van der Waals surface area contributed by atoms with E-state index in [0.717, 1.165) is 42.0 Å². The normalized spacial score (nSPS) is 12.7. The Hall–Kier alpha value is -3.67. The van der Waals surface area contributed by atoms with E-state index in [0.29, 0.717) is 11.4 Å². The number of imidazole rings is 1. The Kier molecular flexibility index (Phi) is 4.01. The molecule has 3 heterocycles. The Morgan fingerprint density at radius 2 is 1.86 bits per heavy atom. The van der Waals surface area contributed by atoms with Crippen molar-refractivity contribution in [3.63, 3.8) is 0 Å². The molecule has 2 aromatic carbocycles. The average Bonchev–Trinajstić information content (AvgIpc) is 3.46. The third-order valence-corrected chi connectivity index (χ3v) is 4.96. The van der Waals surface area contributed by atoms with Crippen molar-refractivity contribution in [3.8, 4) is 22.6 Å². The first-order valence-corrected chi connectivity index (χ1v) is 9.26. The van der Waals surface area contributed by atoms with Gasteiger partial charge in [-0.15, -0.1) is 0 Å². The fourth-order valence-electron chi connectivity index (χ4n) is 3.53. The van der Waals surface area contributed by atoms with Crippen LogP contribution in [0.3, 0.4) is 0 Å². The molecule has 1 N–H and O–H groups in total. The molecule has 1 aliphatic rings. The minimum absolute atomic E-state index is 0.247. The Morgan fingerprint density at radius 3 is 2.68 bits per heavy atom. The van der Waals surface area contributed by atoms with Crippen LogP contribution in [0.15, 0.2) is 71.4 Å². The number of anilines is 1. The molecule has 138 valence electrons. The van der Waals surface area contributed by atoms with Gasteiger partial charge in [0.15, 0.2) is 11.5 Å². The van der Waals surface area contributed by atoms with Crippen LogP contribution in [0, 0.1) is 0 Å². The molecule has 1 aliphatic heterocycles. The number of aromatic nitrogens is 3. The fraction of sp³-hybridized carbons (Fsp3) is 0.136. The molecule has 0 saturated heterocycles. The number of carbonyl (C=O) groups is 1. The van der Waals surface area contributed by atoms with Crippen molar-refractivity contribution in [1.82, 2.24) is 14.7 Å². The highest BCUT2D eigenvalue weighted by molar-refractivity contribution is 6.03. The van der Waals surface area contributed by atoms with Crippen LogP contribution < -0.4 is 5.32 Å². The summed E-state index contributed by atoms with van der Waals surface area (Å²) < 4.78 is 7.56. The van der Waals surface area contributed by atoms with Crippen LogP contribution >= 0.6 is 0 Å². The third kappa shape index (κ3) is 2.99. The van der Waals surface area contributed by atoms with E-state index >= 15 is 0 Å². The molecule has 2 aromatic heterocycles. The molecule has 28 heavy (non-hydrogen) atoms. The maximum Gasteiger partial charge on any atom is 0.277 e. The van der Waals surface area contributed by atoms with Gasteiger partial charge in [0.05, 0.1) is 11.9 Å². The number of hydrogen-bond acceptors (Lipinski definition) is 4. The lowest BCUT2D eigenvalue weighted by molar-refractivity contribution is 0.101. The number of nitrogens with zero attached hydrogens (tertiary/aromatic N) is 3. The number of nitrogens with one attached hydrogen (secondary N) is 1. The number of aryl methyl sites for hydroxylation is 1. The van der Waals surface area contributed by atoms with Crippen molar-refractivity contribution in [2.75, 3.05) is 5.32 Å². The van der Waals surface area contributed by atoms with Crippen molar-refractivity contribution in [2.45, 2.75) is 19.4 Å². The van der Waals surface area contributed by atoms with Gasteiger partial charge in [0, 0.05) is 30.3 Å². The van der Waals surface area contributed by atoms with E-state index in [-0.39, 0.29) is 11.6 Å². The van der Waals surface area contributed by atoms with Crippen LogP contribution in [0.25, 0.3) is 22.6 Å². The molecule has 0 fully saturated rings. The van der Waals surface area contributed by atoms with Crippen LogP contribution in [-0.4, -0.2) is 20.6 Å². The molecule has 0 saturated carbocycles. The van der Waals surface area contributed by atoms with Crippen molar-refractivity contribution in [2.24, 2.45) is 0 Å². The molecular formula is C22H18N4O2. The highest BCUT2D eigenvalue weighted by Crippen LogP contribution is 2.27. The average molecular weight is 370 g/mol. The van der Waals surface area contributed by atoms with Gasteiger partial charge in [-0.05, 0) is 24.1 Å². The molecule has 0 bridgehead atoms. The smallest absolute Gasteiger partial charge is 0.277 e. The highest BCUT2D eigenvalue weighted by atomic mass is 16.5. The van der Waals surface area contributed by atoms with Crippen molar-refractivity contribution < 1.29 is 9.32 Å². The number of benzene rings is 2. The highest BCUT2D eigenvalue weighted by Gasteiger charge is 2.17. The van der Waals surface area contributed by atoms with Crippen molar-refractivity contribution in [1.29, 1.82) is 0 Å². The minimum Gasteiger partial charge on any atom is -0.355 e. The molecular weight excluding hydrogens is 352 g/mol. The molecule has 1 amide bonds. The Bertz CT molecular complexity index is 1130. The van der Waals surface area contributed by atoms with E-state index in [2.05, 4.69) is 20.0 Å². The van der Waals surface area contributed by atoms with E-state index in [1.165, 1.54) is 0 Å². The number of carbonyl (C=O) groups excluding carboxylic acids is 1. The summed E-state index contributed by atoms with van der Waals surface area (Å²) in [6, 6.07) is 19.0. The van der Waals surface area contributed by atoms with Gasteiger partial charge in [0.2, 0.25) is 0 Å². The minimum atomic E-state index is -0.302. The van der Waals surface area contributed by atoms with Gasteiger partial charge in [-0.2, -0.15) is 0 Å². The molecule has 0 unspecified atom stereocenters. The molecule has 0 atom stereocenters. The van der Waals surface area contributed by atoms with Crippen LogP contribution in [0.2, 0.25) is 0 Å². The SMILES string of the molecule is O=C(Nc1ccc(-c2cnc3n2CCC3)cc1)c1cc(-c2ccccc2)on1. The zero-order chi connectivity index (χ0) is 18.9. The Labute approximate surface area is 161 Å². The summed E-state index contributed by atoms with van der Waals surface area (Å²) >= 11 is 0. The lowest BCUT2D eigenvalue weighted by Crippen LogP contribution is -2.12. The maximum atomic E-state index is 12.5. The molecule has 6 heteroatoms. The predicted octanol–water partition coefficient (Wildman–Crippen LogP) is 4.40. The van der Waals surface area contributed by atoms with Gasteiger partial charge < -0.3 is 14.4 Å². The number of amides is 1. The van der Waals surface area contributed by atoms with Crippen LogP contribution in [0.4, 0.5) is 5.69 Å². The summed E-state index contributed by atoms with van der Waals surface area (Å²) in [7, 11) is 0. The zero-order valence-corrected chi connectivity index (χ0v) is 15.1. The second kappa shape index (κ2) is 6.81. The number of fused-ring (bicyclic) bond motifs is 1. The Balaban J connectivity index is 1.31. The summed E-state index contributed by atoms with van der Waals surface area (Å²) in [5, 5.41) is 6.75. The standard InChI is InChI=1S/C22H18N4O2/c27-22(18-13-20(28-25-18)16-5-2-1-3-6-16)24-17-10-8-15(9-11-17)19-14-23-21-7-4-12-26(19)21/h1-3,5-6,8-11,13-14H,4,7,12H2,(H,24,27). The van der Waals surface area contributed by atoms with E-state index in [1.807, 2.05) is 60.8 Å². The molecule has 0 radical (unpaired) electrons. The van der Waals surface area contributed by atoms with Crippen molar-refractivity contribution in [3.05, 3.63) is 78.4 Å². The summed E-state index contributed by atoms with van der Waals surface area (Å²) in [6.45, 7) is 1.01. The first kappa shape index (κ1) is 16.5. The summed E-state index contributed by atoms with van der Waals surface area (Å²) in [5.74, 6) is 1.41. The largest absolute Gasteiger partial charge is 0.355 e. The number of hydrogen-bond donors (Lipinski definition) is 1. The summed E-state index contributed by atoms with van der Waals surface area (Å²) in [4.78, 5) is 17.0. The van der Waals surface area contributed by atoms with Crippen molar-refractivity contribution >= 4 is 11.6 Å². The fourth-order valence-corrected chi connectivity index (χ4v) is 3.53.